The number of aliphatic hydroxyl groups is 2. The van der Waals surface area contributed by atoms with E-state index in [2.05, 4.69) is 5.32 Å². The van der Waals surface area contributed by atoms with Gasteiger partial charge in [-0.15, -0.1) is 0 Å². The number of carbonyl (C=O) groups is 1. The Morgan fingerprint density at radius 2 is 2.05 bits per heavy atom. The molecule has 0 aliphatic carbocycles. The van der Waals surface area contributed by atoms with E-state index < -0.39 is 18.3 Å². The lowest BCUT2D eigenvalue weighted by molar-refractivity contribution is -0.129. The molecule has 2 unspecified atom stereocenters. The number of aliphatic hydroxyl groups excluding tert-OH is 1. The average Bonchev–Trinajstić information content (AvgIpc) is 2.43. The number of nitrogens with one attached hydrogen (secondary N) is 1. The van der Waals surface area contributed by atoms with Gasteiger partial charge in [-0.1, -0.05) is 25.1 Å². The van der Waals surface area contributed by atoms with Crippen LogP contribution in [-0.4, -0.2) is 41.0 Å². The minimum atomic E-state index is -1.32. The summed E-state index contributed by atoms with van der Waals surface area (Å²) in [6.45, 7) is 2.87. The summed E-state index contributed by atoms with van der Waals surface area (Å²) in [4.78, 5) is 11.9. The van der Waals surface area contributed by atoms with Crippen molar-refractivity contribution in [3.05, 3.63) is 30.3 Å². The molecule has 5 heteroatoms. The van der Waals surface area contributed by atoms with Crippen LogP contribution < -0.4 is 10.1 Å². The third-order valence-electron chi connectivity index (χ3n) is 2.67. The van der Waals surface area contributed by atoms with Crippen LogP contribution >= 0.6 is 0 Å². The SMILES string of the molecule is CCC(Oc1ccccc1)C(=O)NCC(C)(O)CO. The first-order valence-corrected chi connectivity index (χ1v) is 6.31. The summed E-state index contributed by atoms with van der Waals surface area (Å²) >= 11 is 0. The smallest absolute Gasteiger partial charge is 0.261 e. The van der Waals surface area contributed by atoms with Gasteiger partial charge in [-0.2, -0.15) is 0 Å². The van der Waals surface area contributed by atoms with E-state index in [1.807, 2.05) is 25.1 Å². The third-order valence-corrected chi connectivity index (χ3v) is 2.67. The fraction of sp³-hybridized carbons (Fsp3) is 0.500. The second-order valence-corrected chi connectivity index (χ2v) is 4.70. The first kappa shape index (κ1) is 15.5. The van der Waals surface area contributed by atoms with Gasteiger partial charge in [0.05, 0.1) is 6.61 Å². The van der Waals surface area contributed by atoms with Gasteiger partial charge in [0.15, 0.2) is 6.10 Å². The van der Waals surface area contributed by atoms with Crippen molar-refractivity contribution in [1.82, 2.24) is 5.32 Å². The summed E-state index contributed by atoms with van der Waals surface area (Å²) < 4.78 is 5.57. The van der Waals surface area contributed by atoms with Gasteiger partial charge in [-0.25, -0.2) is 0 Å². The predicted octanol–water partition coefficient (Wildman–Crippen LogP) is 0.703. The lowest BCUT2D eigenvalue weighted by atomic mass is 10.1. The Kier molecular flexibility index (Phi) is 5.79. The molecule has 0 heterocycles. The van der Waals surface area contributed by atoms with Gasteiger partial charge >= 0.3 is 0 Å². The van der Waals surface area contributed by atoms with Crippen LogP contribution in [0.3, 0.4) is 0 Å². The Labute approximate surface area is 113 Å². The molecule has 3 N–H and O–H groups in total. The van der Waals surface area contributed by atoms with Crippen molar-refractivity contribution in [2.24, 2.45) is 0 Å². The highest BCUT2D eigenvalue weighted by Gasteiger charge is 2.23. The van der Waals surface area contributed by atoms with E-state index >= 15 is 0 Å². The Hall–Kier alpha value is -1.59. The van der Waals surface area contributed by atoms with Gasteiger partial charge in [0.1, 0.15) is 11.4 Å². The topological polar surface area (TPSA) is 78.8 Å². The fourth-order valence-electron chi connectivity index (χ4n) is 1.43. The molecule has 0 saturated carbocycles. The van der Waals surface area contributed by atoms with Crippen molar-refractivity contribution < 1.29 is 19.7 Å². The highest BCUT2D eigenvalue weighted by atomic mass is 16.5. The molecule has 0 spiro atoms. The van der Waals surface area contributed by atoms with E-state index in [1.165, 1.54) is 6.92 Å². The van der Waals surface area contributed by atoms with E-state index in [4.69, 9.17) is 9.84 Å². The molecule has 1 rings (SSSR count). The van der Waals surface area contributed by atoms with Crippen LogP contribution in [0.1, 0.15) is 20.3 Å². The van der Waals surface area contributed by atoms with Gasteiger partial charge in [-0.05, 0) is 25.5 Å². The third kappa shape index (κ3) is 5.28. The molecule has 1 aromatic rings. The molecular formula is C14H21NO4. The van der Waals surface area contributed by atoms with Crippen molar-refractivity contribution >= 4 is 5.91 Å². The summed E-state index contributed by atoms with van der Waals surface area (Å²) in [7, 11) is 0. The molecular weight excluding hydrogens is 246 g/mol. The molecule has 0 saturated heterocycles. The molecule has 2 atom stereocenters. The maximum Gasteiger partial charge on any atom is 0.261 e. The first-order chi connectivity index (χ1) is 8.98. The number of benzene rings is 1. The minimum Gasteiger partial charge on any atom is -0.481 e. The summed E-state index contributed by atoms with van der Waals surface area (Å²) in [5, 5.41) is 21.1. The van der Waals surface area contributed by atoms with E-state index in [9.17, 15) is 9.90 Å². The molecule has 0 bridgehead atoms. The van der Waals surface area contributed by atoms with E-state index in [0.717, 1.165) is 0 Å². The standard InChI is InChI=1S/C14H21NO4/c1-3-12(19-11-7-5-4-6-8-11)13(17)15-9-14(2,18)10-16/h4-8,12,16,18H,3,9-10H2,1-2H3,(H,15,17). The monoisotopic (exact) mass is 267 g/mol. The van der Waals surface area contributed by atoms with Crippen LogP contribution in [0.25, 0.3) is 0 Å². The molecule has 0 aromatic heterocycles. The Morgan fingerprint density at radius 1 is 1.42 bits per heavy atom. The molecule has 0 aliphatic rings. The molecule has 1 amide bonds. The van der Waals surface area contributed by atoms with E-state index in [1.54, 1.807) is 12.1 Å². The second kappa shape index (κ2) is 7.11. The molecule has 19 heavy (non-hydrogen) atoms. The quantitative estimate of drug-likeness (QED) is 0.679. The zero-order chi connectivity index (χ0) is 14.3. The van der Waals surface area contributed by atoms with Crippen LogP contribution in [0.5, 0.6) is 5.75 Å². The molecule has 106 valence electrons. The van der Waals surface area contributed by atoms with Crippen LogP contribution in [0, 0.1) is 0 Å². The van der Waals surface area contributed by atoms with Crippen LogP contribution in [-0.2, 0) is 4.79 Å². The number of carbonyl (C=O) groups excluding carboxylic acids is 1. The second-order valence-electron chi connectivity index (χ2n) is 4.70. The molecule has 5 nitrogen and oxygen atoms in total. The largest absolute Gasteiger partial charge is 0.481 e. The number of amides is 1. The summed E-state index contributed by atoms with van der Waals surface area (Å²) in [5.74, 6) is 0.318. The molecule has 1 aromatic carbocycles. The summed E-state index contributed by atoms with van der Waals surface area (Å²) in [6.07, 6.45) is -0.0981. The van der Waals surface area contributed by atoms with Gasteiger partial charge in [0.2, 0.25) is 0 Å². The first-order valence-electron chi connectivity index (χ1n) is 6.31. The van der Waals surface area contributed by atoms with Gasteiger partial charge < -0.3 is 20.3 Å². The van der Waals surface area contributed by atoms with Crippen LogP contribution in [0.15, 0.2) is 30.3 Å². The van der Waals surface area contributed by atoms with Gasteiger partial charge in [-0.3, -0.25) is 4.79 Å². The average molecular weight is 267 g/mol. The predicted molar refractivity (Wildman–Crippen MR) is 71.9 cm³/mol. The Bertz CT molecular complexity index is 392. The summed E-state index contributed by atoms with van der Waals surface area (Å²) in [6, 6.07) is 9.08. The van der Waals surface area contributed by atoms with Crippen molar-refractivity contribution in [3.63, 3.8) is 0 Å². The highest BCUT2D eigenvalue weighted by Crippen LogP contribution is 2.12. The summed E-state index contributed by atoms with van der Waals surface area (Å²) in [5.41, 5.74) is -1.32. The van der Waals surface area contributed by atoms with Gasteiger partial charge in [0.25, 0.3) is 5.91 Å². The van der Waals surface area contributed by atoms with Gasteiger partial charge in [0, 0.05) is 6.54 Å². The highest BCUT2D eigenvalue weighted by molar-refractivity contribution is 5.81. The maximum absolute atomic E-state index is 11.9. The van der Waals surface area contributed by atoms with E-state index in [0.29, 0.717) is 12.2 Å². The lowest BCUT2D eigenvalue weighted by Crippen LogP contribution is -2.47. The fourth-order valence-corrected chi connectivity index (χ4v) is 1.43. The van der Waals surface area contributed by atoms with Crippen molar-refractivity contribution in [2.45, 2.75) is 32.0 Å². The number of rotatable bonds is 7. The Balaban J connectivity index is 2.53. The number of hydrogen-bond acceptors (Lipinski definition) is 4. The minimum absolute atomic E-state index is 0.0169. The molecule has 0 radical (unpaired) electrons. The van der Waals surface area contributed by atoms with Crippen LogP contribution in [0.2, 0.25) is 0 Å². The Morgan fingerprint density at radius 3 is 2.58 bits per heavy atom. The maximum atomic E-state index is 11.9. The van der Waals surface area contributed by atoms with Crippen molar-refractivity contribution in [3.8, 4) is 5.75 Å². The normalized spacial score (nSPS) is 15.4. The molecule has 0 aliphatic heterocycles. The number of ether oxygens (including phenoxy) is 1. The lowest BCUT2D eigenvalue weighted by Gasteiger charge is -2.23. The van der Waals surface area contributed by atoms with Crippen molar-refractivity contribution in [1.29, 1.82) is 0 Å². The van der Waals surface area contributed by atoms with Crippen LogP contribution in [0.4, 0.5) is 0 Å². The molecule has 0 fully saturated rings. The zero-order valence-corrected chi connectivity index (χ0v) is 11.3. The number of hydrogen-bond donors (Lipinski definition) is 3. The number of para-hydroxylation sites is 1. The van der Waals surface area contributed by atoms with E-state index in [-0.39, 0.29) is 12.5 Å². The van der Waals surface area contributed by atoms with Crippen molar-refractivity contribution in [2.75, 3.05) is 13.2 Å². The zero-order valence-electron chi connectivity index (χ0n) is 11.3.